The molecule has 5 heteroatoms. The Bertz CT molecular complexity index is 710. The number of rotatable bonds is 2. The summed E-state index contributed by atoms with van der Waals surface area (Å²) in [6, 6.07) is 10.7. The van der Waals surface area contributed by atoms with Gasteiger partial charge in [0.05, 0.1) is 11.6 Å². The first-order chi connectivity index (χ1) is 10.4. The molecule has 0 spiro atoms. The summed E-state index contributed by atoms with van der Waals surface area (Å²) >= 11 is 0. The van der Waals surface area contributed by atoms with Crippen molar-refractivity contribution in [3.8, 4) is 0 Å². The minimum atomic E-state index is -0.0623. The molecule has 1 aromatic carbocycles. The molecule has 1 aliphatic rings. The summed E-state index contributed by atoms with van der Waals surface area (Å²) in [5, 5.41) is 3.44. The number of benzene rings is 1. The fourth-order valence-electron chi connectivity index (χ4n) is 3.26. The lowest BCUT2D eigenvalue weighted by molar-refractivity contribution is 0.348. The zero-order valence-corrected chi connectivity index (χ0v) is 11.7. The highest BCUT2D eigenvalue weighted by Gasteiger charge is 2.38. The first-order valence-electron chi connectivity index (χ1n) is 7.31. The molecule has 1 fully saturated rings. The molecular formula is C16H17N5. The SMILES string of the molecule is c1ccc(C2(c3nc4ncncc4[nH]3)CCNCC2)cc1. The molecule has 0 aliphatic carbocycles. The van der Waals surface area contributed by atoms with Crippen LogP contribution in [0.2, 0.25) is 0 Å². The van der Waals surface area contributed by atoms with Crippen LogP contribution in [0, 0.1) is 0 Å². The summed E-state index contributed by atoms with van der Waals surface area (Å²) in [6.45, 7) is 2.00. The van der Waals surface area contributed by atoms with E-state index in [1.165, 1.54) is 5.56 Å². The van der Waals surface area contributed by atoms with Crippen molar-refractivity contribution in [2.75, 3.05) is 13.1 Å². The fourth-order valence-corrected chi connectivity index (χ4v) is 3.26. The Morgan fingerprint density at radius 2 is 1.86 bits per heavy atom. The van der Waals surface area contributed by atoms with Gasteiger partial charge in [-0.05, 0) is 31.5 Å². The molecule has 21 heavy (non-hydrogen) atoms. The third kappa shape index (κ3) is 2.01. The predicted molar refractivity (Wildman–Crippen MR) is 81.0 cm³/mol. The highest BCUT2D eigenvalue weighted by Crippen LogP contribution is 2.39. The van der Waals surface area contributed by atoms with Gasteiger partial charge in [0.2, 0.25) is 0 Å². The number of imidazole rings is 1. The Kier molecular flexibility index (Phi) is 2.93. The Balaban J connectivity index is 1.89. The van der Waals surface area contributed by atoms with Gasteiger partial charge in [0, 0.05) is 0 Å². The summed E-state index contributed by atoms with van der Waals surface area (Å²) in [6.07, 6.45) is 5.40. The number of H-pyrrole nitrogens is 1. The van der Waals surface area contributed by atoms with Crippen LogP contribution < -0.4 is 5.32 Å². The van der Waals surface area contributed by atoms with Crippen LogP contribution in [0.1, 0.15) is 24.2 Å². The van der Waals surface area contributed by atoms with Gasteiger partial charge in [-0.2, -0.15) is 0 Å². The maximum absolute atomic E-state index is 4.75. The Morgan fingerprint density at radius 3 is 2.62 bits per heavy atom. The molecule has 0 saturated carbocycles. The maximum atomic E-state index is 4.75. The van der Waals surface area contributed by atoms with Gasteiger partial charge in [0.1, 0.15) is 17.7 Å². The number of aromatic amines is 1. The van der Waals surface area contributed by atoms with E-state index >= 15 is 0 Å². The van der Waals surface area contributed by atoms with Crippen LogP contribution in [-0.2, 0) is 5.41 Å². The van der Waals surface area contributed by atoms with Crippen LogP contribution in [0.15, 0.2) is 42.9 Å². The maximum Gasteiger partial charge on any atom is 0.180 e. The average molecular weight is 279 g/mol. The van der Waals surface area contributed by atoms with E-state index in [-0.39, 0.29) is 5.41 Å². The third-order valence-corrected chi connectivity index (χ3v) is 4.40. The first-order valence-corrected chi connectivity index (χ1v) is 7.31. The van der Waals surface area contributed by atoms with Gasteiger partial charge in [-0.3, -0.25) is 0 Å². The van der Waals surface area contributed by atoms with E-state index in [0.29, 0.717) is 0 Å². The van der Waals surface area contributed by atoms with Crippen molar-refractivity contribution < 1.29 is 0 Å². The summed E-state index contributed by atoms with van der Waals surface area (Å²) in [4.78, 5) is 16.5. The van der Waals surface area contributed by atoms with Crippen molar-refractivity contribution in [1.82, 2.24) is 25.3 Å². The van der Waals surface area contributed by atoms with Crippen molar-refractivity contribution in [2.24, 2.45) is 0 Å². The molecule has 106 valence electrons. The van der Waals surface area contributed by atoms with Gasteiger partial charge >= 0.3 is 0 Å². The van der Waals surface area contributed by atoms with Crippen LogP contribution in [0.3, 0.4) is 0 Å². The lowest BCUT2D eigenvalue weighted by Crippen LogP contribution is -2.41. The predicted octanol–water partition coefficient (Wildman–Crippen LogP) is 2.02. The van der Waals surface area contributed by atoms with Crippen LogP contribution in [-0.4, -0.2) is 33.0 Å². The molecule has 0 amide bonds. The second kappa shape index (κ2) is 4.93. The number of piperidine rings is 1. The molecule has 1 saturated heterocycles. The van der Waals surface area contributed by atoms with E-state index in [1.54, 1.807) is 12.5 Å². The highest BCUT2D eigenvalue weighted by atomic mass is 15.0. The normalized spacial score (nSPS) is 17.9. The van der Waals surface area contributed by atoms with Crippen molar-refractivity contribution in [2.45, 2.75) is 18.3 Å². The lowest BCUT2D eigenvalue weighted by Gasteiger charge is -2.36. The first kappa shape index (κ1) is 12.5. The Labute approximate surface area is 122 Å². The second-order valence-electron chi connectivity index (χ2n) is 5.54. The van der Waals surface area contributed by atoms with Crippen LogP contribution in [0.5, 0.6) is 0 Å². The van der Waals surface area contributed by atoms with Gasteiger partial charge in [0.15, 0.2) is 5.65 Å². The van der Waals surface area contributed by atoms with Crippen LogP contribution in [0.25, 0.3) is 11.2 Å². The molecular weight excluding hydrogens is 262 g/mol. The molecule has 0 bridgehead atoms. The largest absolute Gasteiger partial charge is 0.339 e. The summed E-state index contributed by atoms with van der Waals surface area (Å²) < 4.78 is 0. The number of hydrogen-bond donors (Lipinski definition) is 2. The van der Waals surface area contributed by atoms with Crippen molar-refractivity contribution >= 4 is 11.2 Å². The standard InChI is InChI=1S/C16H17N5/c1-2-4-12(5-3-1)16(6-8-17-9-7-16)15-20-13-10-18-11-19-14(13)21-15/h1-5,10-11,17H,6-9H2,(H,18,19,20,21). The number of hydrogen-bond acceptors (Lipinski definition) is 4. The average Bonchev–Trinajstić information content (AvgIpc) is 3.01. The highest BCUT2D eigenvalue weighted by molar-refractivity contribution is 5.69. The number of aromatic nitrogens is 4. The number of nitrogens with one attached hydrogen (secondary N) is 2. The van der Waals surface area contributed by atoms with Gasteiger partial charge in [-0.1, -0.05) is 30.3 Å². The van der Waals surface area contributed by atoms with E-state index in [1.807, 2.05) is 0 Å². The van der Waals surface area contributed by atoms with E-state index in [9.17, 15) is 0 Å². The van der Waals surface area contributed by atoms with Crippen molar-refractivity contribution in [1.29, 1.82) is 0 Å². The number of nitrogens with zero attached hydrogens (tertiary/aromatic N) is 3. The van der Waals surface area contributed by atoms with Crippen molar-refractivity contribution in [3.63, 3.8) is 0 Å². The second-order valence-corrected chi connectivity index (χ2v) is 5.54. The molecule has 2 N–H and O–H groups in total. The lowest BCUT2D eigenvalue weighted by atomic mass is 9.72. The van der Waals surface area contributed by atoms with E-state index in [4.69, 9.17) is 4.98 Å². The molecule has 3 heterocycles. The van der Waals surface area contributed by atoms with E-state index < -0.39 is 0 Å². The van der Waals surface area contributed by atoms with Crippen LogP contribution in [0.4, 0.5) is 0 Å². The Morgan fingerprint density at radius 1 is 1.05 bits per heavy atom. The summed E-state index contributed by atoms with van der Waals surface area (Å²) in [5.41, 5.74) is 2.90. The zero-order valence-electron chi connectivity index (χ0n) is 11.7. The van der Waals surface area contributed by atoms with Gasteiger partial charge in [-0.15, -0.1) is 0 Å². The number of fused-ring (bicyclic) bond motifs is 1. The monoisotopic (exact) mass is 279 g/mol. The van der Waals surface area contributed by atoms with Crippen LogP contribution >= 0.6 is 0 Å². The third-order valence-electron chi connectivity index (χ3n) is 4.40. The molecule has 0 atom stereocenters. The van der Waals surface area contributed by atoms with Gasteiger partial charge < -0.3 is 10.3 Å². The fraction of sp³-hybridized carbons (Fsp3) is 0.312. The van der Waals surface area contributed by atoms with Gasteiger partial charge in [-0.25, -0.2) is 15.0 Å². The quantitative estimate of drug-likeness (QED) is 0.753. The minimum absolute atomic E-state index is 0.0623. The summed E-state index contributed by atoms with van der Waals surface area (Å²) in [5.74, 6) is 1.01. The molecule has 4 rings (SSSR count). The molecule has 0 unspecified atom stereocenters. The van der Waals surface area contributed by atoms with E-state index in [2.05, 4.69) is 50.6 Å². The minimum Gasteiger partial charge on any atom is -0.339 e. The Hall–Kier alpha value is -2.27. The smallest absolute Gasteiger partial charge is 0.180 e. The summed E-state index contributed by atoms with van der Waals surface area (Å²) in [7, 11) is 0. The van der Waals surface area contributed by atoms with Crippen molar-refractivity contribution in [3.05, 3.63) is 54.2 Å². The van der Waals surface area contributed by atoms with E-state index in [0.717, 1.165) is 42.9 Å². The molecule has 0 radical (unpaired) electrons. The topological polar surface area (TPSA) is 66.5 Å². The molecule has 3 aromatic rings. The zero-order chi connectivity index (χ0) is 14.1. The molecule has 5 nitrogen and oxygen atoms in total. The van der Waals surface area contributed by atoms with Gasteiger partial charge in [0.25, 0.3) is 0 Å². The molecule has 1 aliphatic heterocycles. The molecule has 2 aromatic heterocycles.